The molecule has 77 valence electrons. The van der Waals surface area contributed by atoms with E-state index in [9.17, 15) is 22.4 Å². The van der Waals surface area contributed by atoms with Gasteiger partial charge < -0.3 is 0 Å². The van der Waals surface area contributed by atoms with Gasteiger partial charge in [-0.2, -0.15) is 13.2 Å². The predicted molar refractivity (Wildman–Crippen MR) is 42.1 cm³/mol. The molecule has 15 heavy (non-hydrogen) atoms. The monoisotopic (exact) mass is 217 g/mol. The van der Waals surface area contributed by atoms with Gasteiger partial charge in [-0.25, -0.2) is 14.4 Å². The summed E-state index contributed by atoms with van der Waals surface area (Å²) in [4.78, 5) is 17.4. The van der Waals surface area contributed by atoms with Crippen molar-refractivity contribution in [1.82, 2.24) is 0 Å². The van der Waals surface area contributed by atoms with E-state index >= 15 is 0 Å². The molecule has 7 heteroatoms. The molecule has 3 nitrogen and oxygen atoms in total. The summed E-state index contributed by atoms with van der Waals surface area (Å²) in [6.07, 6.45) is -2.44. The smallest absolute Gasteiger partial charge is 0.286 e. The van der Waals surface area contributed by atoms with Crippen molar-refractivity contribution in [1.29, 1.82) is 0 Å². The molecule has 1 heterocycles. The van der Waals surface area contributed by atoms with E-state index in [0.717, 1.165) is 0 Å². The molecule has 0 saturated carbocycles. The van der Waals surface area contributed by atoms with E-state index in [1.807, 2.05) is 6.34 Å². The van der Waals surface area contributed by atoms with Crippen LogP contribution in [0.5, 0.6) is 0 Å². The third kappa shape index (κ3) is 1.39. The van der Waals surface area contributed by atoms with Crippen LogP contribution >= 0.6 is 0 Å². The fraction of sp³-hybridized carbons (Fsp3) is 0.125. The van der Waals surface area contributed by atoms with Gasteiger partial charge in [0.2, 0.25) is 5.78 Å². The minimum absolute atomic E-state index is 0.334. The molecule has 0 aromatic heterocycles. The third-order valence-electron chi connectivity index (χ3n) is 1.80. The Labute approximate surface area is 80.5 Å². The third-order valence-corrected chi connectivity index (χ3v) is 1.80. The Kier molecular flexibility index (Phi) is 1.85. The summed E-state index contributed by atoms with van der Waals surface area (Å²) < 4.78 is 50.0. The van der Waals surface area contributed by atoms with Gasteiger partial charge in [0.25, 0.3) is 0 Å². The second kappa shape index (κ2) is 2.85. The van der Waals surface area contributed by atoms with Crippen molar-refractivity contribution < 1.29 is 22.4 Å². The molecule has 0 aromatic carbocycles. The Morgan fingerprint density at radius 1 is 1.33 bits per heavy atom. The van der Waals surface area contributed by atoms with Crippen LogP contribution in [0, 0.1) is 0 Å². The zero-order chi connectivity index (χ0) is 11.2. The van der Waals surface area contributed by atoms with E-state index < -0.39 is 29.1 Å². The quantitative estimate of drug-likeness (QED) is 0.448. The molecule has 0 amide bonds. The number of nitrogens with zero attached hydrogens (tertiary/aromatic N) is 2. The van der Waals surface area contributed by atoms with Gasteiger partial charge in [-0.15, -0.1) is 0 Å². The van der Waals surface area contributed by atoms with Gasteiger partial charge in [-0.3, -0.25) is 4.79 Å². The van der Waals surface area contributed by atoms with Crippen molar-refractivity contribution in [3.05, 3.63) is 23.2 Å². The Morgan fingerprint density at radius 2 is 2.00 bits per heavy atom. The minimum atomic E-state index is -4.95. The average molecular weight is 217 g/mol. The summed E-state index contributed by atoms with van der Waals surface area (Å²) in [5, 5.41) is 0. The lowest BCUT2D eigenvalue weighted by atomic mass is 9.99. The number of carbonyl (C=O) groups is 1. The van der Waals surface area contributed by atoms with E-state index in [-0.39, 0.29) is 5.71 Å². The molecule has 0 saturated heterocycles. The summed E-state index contributed by atoms with van der Waals surface area (Å²) in [7, 11) is 0. The Hall–Kier alpha value is -1.79. The first-order chi connectivity index (χ1) is 6.91. The van der Waals surface area contributed by atoms with Gasteiger partial charge in [-0.05, 0) is 0 Å². The van der Waals surface area contributed by atoms with Crippen LogP contribution in [-0.2, 0) is 4.79 Å². The van der Waals surface area contributed by atoms with Crippen molar-refractivity contribution in [2.45, 2.75) is 6.18 Å². The fourth-order valence-electron chi connectivity index (χ4n) is 1.20. The topological polar surface area (TPSA) is 41.8 Å². The Bertz CT molecular complexity index is 468. The number of hydrogen-bond acceptors (Lipinski definition) is 3. The number of Topliss-reactive ketones (excluding diaryl/α,β-unsaturated/α-hetero) is 1. The zero-order valence-electron chi connectivity index (χ0n) is 6.89. The second-order valence-electron chi connectivity index (χ2n) is 2.75. The van der Waals surface area contributed by atoms with Crippen LogP contribution in [0.25, 0.3) is 0 Å². The van der Waals surface area contributed by atoms with Crippen molar-refractivity contribution in [2.24, 2.45) is 9.98 Å². The highest BCUT2D eigenvalue weighted by atomic mass is 19.4. The van der Waals surface area contributed by atoms with Crippen molar-refractivity contribution in [2.75, 3.05) is 0 Å². The number of aliphatic imine (C=N–C) groups is 2. The molecule has 0 fully saturated rings. The normalized spacial score (nSPS) is 20.4. The first-order valence-electron chi connectivity index (χ1n) is 3.68. The Balaban J connectivity index is 2.64. The van der Waals surface area contributed by atoms with Crippen molar-refractivity contribution in [3.63, 3.8) is 0 Å². The van der Waals surface area contributed by atoms with E-state index in [4.69, 9.17) is 0 Å². The van der Waals surface area contributed by atoms with E-state index in [2.05, 4.69) is 9.98 Å². The van der Waals surface area contributed by atoms with E-state index in [1.54, 1.807) is 0 Å². The van der Waals surface area contributed by atoms with E-state index in [0.29, 0.717) is 6.08 Å². The van der Waals surface area contributed by atoms with Crippen LogP contribution in [0.2, 0.25) is 0 Å². The number of alkyl halides is 3. The molecule has 2 rings (SSSR count). The summed E-state index contributed by atoms with van der Waals surface area (Å²) in [6, 6.07) is 0. The molecule has 1 aliphatic carbocycles. The summed E-state index contributed by atoms with van der Waals surface area (Å²) in [6.45, 7) is 0. The van der Waals surface area contributed by atoms with Gasteiger partial charge in [0.05, 0.1) is 5.71 Å². The standard InChI is InChI=1S/C8HF4N2O/c9-3-1-4-6(14-2-13-4)5(7(3)15)8(10,11)12/h1H. The zero-order valence-corrected chi connectivity index (χ0v) is 6.89. The maximum atomic E-state index is 12.8. The van der Waals surface area contributed by atoms with Gasteiger partial charge in [0.15, 0.2) is 12.2 Å². The first-order valence-corrected chi connectivity index (χ1v) is 3.68. The highest BCUT2D eigenvalue weighted by molar-refractivity contribution is 6.26. The molecular weight excluding hydrogens is 216 g/mol. The molecule has 1 radical (unpaired) electrons. The van der Waals surface area contributed by atoms with Gasteiger partial charge in [-0.1, -0.05) is 0 Å². The number of ketones is 1. The largest absolute Gasteiger partial charge is 0.422 e. The molecule has 0 N–H and O–H groups in total. The van der Waals surface area contributed by atoms with Crippen LogP contribution in [0.4, 0.5) is 17.6 Å². The summed E-state index contributed by atoms with van der Waals surface area (Å²) in [5.74, 6) is -3.22. The number of carbonyl (C=O) groups excluding carboxylic acids is 1. The minimum Gasteiger partial charge on any atom is -0.286 e. The van der Waals surface area contributed by atoms with Crippen LogP contribution in [0.1, 0.15) is 0 Å². The van der Waals surface area contributed by atoms with Crippen molar-refractivity contribution in [3.8, 4) is 0 Å². The number of halogens is 4. The number of fused-ring (bicyclic) bond motifs is 1. The number of rotatable bonds is 0. The number of allylic oxidation sites excluding steroid dienone is 3. The summed E-state index contributed by atoms with van der Waals surface area (Å²) >= 11 is 0. The highest BCUT2D eigenvalue weighted by Gasteiger charge is 2.46. The number of hydrogen-bond donors (Lipinski definition) is 0. The molecule has 2 aliphatic rings. The first kappa shape index (κ1) is 9.75. The van der Waals surface area contributed by atoms with Crippen LogP contribution in [0.15, 0.2) is 33.2 Å². The maximum Gasteiger partial charge on any atom is 0.422 e. The Morgan fingerprint density at radius 3 is 2.60 bits per heavy atom. The molecule has 0 unspecified atom stereocenters. The fourth-order valence-corrected chi connectivity index (χ4v) is 1.20. The van der Waals surface area contributed by atoms with E-state index in [1.165, 1.54) is 0 Å². The SMILES string of the molecule is O=C1C(F)=CC2=N[C]=NC2=C1C(F)(F)F. The predicted octanol–water partition coefficient (Wildman–Crippen LogP) is 1.60. The van der Waals surface area contributed by atoms with Crippen LogP contribution < -0.4 is 0 Å². The molecule has 1 aliphatic heterocycles. The van der Waals surface area contributed by atoms with Crippen LogP contribution in [0.3, 0.4) is 0 Å². The molecular formula is C8HF4N2O. The van der Waals surface area contributed by atoms with Gasteiger partial charge in [0.1, 0.15) is 11.3 Å². The molecule has 0 bridgehead atoms. The second-order valence-corrected chi connectivity index (χ2v) is 2.75. The van der Waals surface area contributed by atoms with Crippen molar-refractivity contribution >= 4 is 17.8 Å². The maximum absolute atomic E-state index is 12.8. The average Bonchev–Trinajstić information content (AvgIpc) is 2.50. The molecule has 0 atom stereocenters. The lowest BCUT2D eigenvalue weighted by Crippen LogP contribution is -2.27. The molecule has 0 spiro atoms. The molecule has 0 aromatic rings. The highest BCUT2D eigenvalue weighted by Crippen LogP contribution is 2.35. The lowest BCUT2D eigenvalue weighted by molar-refractivity contribution is -0.127. The lowest BCUT2D eigenvalue weighted by Gasteiger charge is -2.14. The van der Waals surface area contributed by atoms with Gasteiger partial charge in [0, 0.05) is 6.08 Å². The summed E-state index contributed by atoms with van der Waals surface area (Å²) in [5.41, 5.74) is -2.64. The van der Waals surface area contributed by atoms with Crippen LogP contribution in [-0.4, -0.2) is 24.0 Å². The van der Waals surface area contributed by atoms with Gasteiger partial charge >= 0.3 is 6.18 Å².